The largest absolute Gasteiger partial charge is 0.493 e. The molecular weight excluding hydrogens is 332 g/mol. The molecule has 2 aromatic rings. The molecule has 0 fully saturated rings. The maximum atomic E-state index is 11.3. The molecule has 0 radical (unpaired) electrons. The number of aromatic nitrogens is 1. The fourth-order valence-corrected chi connectivity index (χ4v) is 3.88. The summed E-state index contributed by atoms with van der Waals surface area (Å²) in [6.45, 7) is 1.75. The van der Waals surface area contributed by atoms with Gasteiger partial charge in [0.2, 0.25) is 5.88 Å². The van der Waals surface area contributed by atoms with Gasteiger partial charge in [-0.25, -0.2) is 4.79 Å². The van der Waals surface area contributed by atoms with Crippen LogP contribution in [0.5, 0.6) is 5.88 Å². The number of carbonyl (C=O) groups is 1. The van der Waals surface area contributed by atoms with Crippen molar-refractivity contribution in [1.29, 1.82) is 0 Å². The van der Waals surface area contributed by atoms with E-state index in [-0.39, 0.29) is 5.88 Å². The Bertz CT molecular complexity index is 893. The van der Waals surface area contributed by atoms with Gasteiger partial charge < -0.3 is 10.2 Å². The van der Waals surface area contributed by atoms with Crippen LogP contribution in [0.4, 0.5) is 5.69 Å². The minimum Gasteiger partial charge on any atom is -0.493 e. The highest BCUT2D eigenvalue weighted by molar-refractivity contribution is 7.73. The molecule has 0 spiro atoms. The molecular formula is C16H14N2O3S2. The number of nitrogens with zero attached hydrogens (tertiary/aromatic N) is 2. The third kappa shape index (κ3) is 2.73. The van der Waals surface area contributed by atoms with Crippen molar-refractivity contribution in [3.8, 4) is 5.88 Å². The molecule has 23 heavy (non-hydrogen) atoms. The van der Waals surface area contributed by atoms with Crippen molar-refractivity contribution in [3.05, 3.63) is 38.7 Å². The highest BCUT2D eigenvalue weighted by Gasteiger charge is 2.24. The summed E-state index contributed by atoms with van der Waals surface area (Å²) in [5, 5.41) is 19.7. The number of aromatic hydroxyl groups is 1. The van der Waals surface area contributed by atoms with Crippen molar-refractivity contribution in [3.63, 3.8) is 0 Å². The van der Waals surface area contributed by atoms with Gasteiger partial charge in [0.15, 0.2) is 3.95 Å². The van der Waals surface area contributed by atoms with E-state index in [4.69, 9.17) is 12.2 Å². The standard InChI is InChI=1S/C16H14N2O3S2/c1-2-12(15(20)21)18-14(19)13(23-16(18)22)7-9-8-17-11-6-4-3-5-10(9)11/h3-8,12,19H,2H2,1H3,(H,20,21)/b9-7-. The van der Waals surface area contributed by atoms with Gasteiger partial charge in [0.25, 0.3) is 0 Å². The van der Waals surface area contributed by atoms with E-state index in [1.54, 1.807) is 19.2 Å². The second-order valence-electron chi connectivity index (χ2n) is 5.06. The van der Waals surface area contributed by atoms with Gasteiger partial charge in [-0.3, -0.25) is 9.56 Å². The summed E-state index contributed by atoms with van der Waals surface area (Å²) in [6, 6.07) is 6.84. The lowest BCUT2D eigenvalue weighted by Gasteiger charge is -2.12. The first kappa shape index (κ1) is 15.6. The number of para-hydroxylation sites is 1. The zero-order valence-corrected chi connectivity index (χ0v) is 13.9. The number of allylic oxidation sites excluding steroid dienone is 1. The van der Waals surface area contributed by atoms with Gasteiger partial charge >= 0.3 is 5.97 Å². The summed E-state index contributed by atoms with van der Waals surface area (Å²) in [4.78, 5) is 16.2. The predicted octanol–water partition coefficient (Wildman–Crippen LogP) is 4.28. The molecule has 1 aliphatic heterocycles. The van der Waals surface area contributed by atoms with Crippen LogP contribution < -0.4 is 0 Å². The van der Waals surface area contributed by atoms with E-state index in [2.05, 4.69) is 4.99 Å². The van der Waals surface area contributed by atoms with Gasteiger partial charge in [-0.15, -0.1) is 11.3 Å². The zero-order valence-electron chi connectivity index (χ0n) is 12.3. The van der Waals surface area contributed by atoms with Crippen LogP contribution >= 0.6 is 23.6 Å². The highest BCUT2D eigenvalue weighted by Crippen LogP contribution is 2.37. The van der Waals surface area contributed by atoms with Crippen LogP contribution in [0, 0.1) is 3.95 Å². The Morgan fingerprint density at radius 2 is 2.22 bits per heavy atom. The van der Waals surface area contributed by atoms with Gasteiger partial charge in [-0.1, -0.05) is 25.1 Å². The van der Waals surface area contributed by atoms with Gasteiger partial charge in [-0.2, -0.15) is 0 Å². The van der Waals surface area contributed by atoms with Crippen molar-refractivity contribution in [2.24, 2.45) is 4.99 Å². The third-order valence-electron chi connectivity index (χ3n) is 3.67. The molecule has 3 rings (SSSR count). The van der Waals surface area contributed by atoms with Crippen LogP contribution in [0.25, 0.3) is 11.6 Å². The molecule has 7 heteroatoms. The van der Waals surface area contributed by atoms with Crippen LogP contribution in [0.15, 0.2) is 29.3 Å². The zero-order chi connectivity index (χ0) is 16.6. The monoisotopic (exact) mass is 346 g/mol. The Morgan fingerprint density at radius 1 is 1.48 bits per heavy atom. The molecule has 1 unspecified atom stereocenters. The number of benzene rings is 1. The van der Waals surface area contributed by atoms with E-state index in [0.29, 0.717) is 15.3 Å². The van der Waals surface area contributed by atoms with Gasteiger partial charge in [-0.05, 0) is 30.8 Å². The number of hydrogen-bond acceptors (Lipinski definition) is 5. The average Bonchev–Trinajstić information content (AvgIpc) is 3.05. The molecule has 0 bridgehead atoms. The van der Waals surface area contributed by atoms with Gasteiger partial charge in [0, 0.05) is 17.4 Å². The molecule has 0 saturated carbocycles. The SMILES string of the molecule is CCC(C(=O)O)n1c(O)c(/C=C2/C=Nc3ccccc32)sc1=S. The summed E-state index contributed by atoms with van der Waals surface area (Å²) in [7, 11) is 0. The summed E-state index contributed by atoms with van der Waals surface area (Å²) in [5.74, 6) is -1.12. The maximum absolute atomic E-state index is 11.3. The first-order valence-corrected chi connectivity index (χ1v) is 8.27. The van der Waals surface area contributed by atoms with Crippen LogP contribution in [0.1, 0.15) is 29.8 Å². The minimum absolute atomic E-state index is 0.112. The Balaban J connectivity index is 2.07. The molecule has 1 aromatic carbocycles. The quantitative estimate of drug-likeness (QED) is 0.811. The topological polar surface area (TPSA) is 74.8 Å². The van der Waals surface area contributed by atoms with E-state index in [1.807, 2.05) is 24.3 Å². The lowest BCUT2D eigenvalue weighted by atomic mass is 10.1. The van der Waals surface area contributed by atoms with Crippen molar-refractivity contribution in [2.45, 2.75) is 19.4 Å². The van der Waals surface area contributed by atoms with Crippen LogP contribution in [0.3, 0.4) is 0 Å². The smallest absolute Gasteiger partial charge is 0.326 e. The molecule has 118 valence electrons. The van der Waals surface area contributed by atoms with E-state index < -0.39 is 12.0 Å². The van der Waals surface area contributed by atoms with Crippen LogP contribution in [-0.4, -0.2) is 27.0 Å². The molecule has 2 heterocycles. The number of hydrogen-bond donors (Lipinski definition) is 2. The maximum Gasteiger partial charge on any atom is 0.326 e. The summed E-state index contributed by atoms with van der Waals surface area (Å²) < 4.78 is 1.64. The summed E-state index contributed by atoms with van der Waals surface area (Å²) in [5.41, 5.74) is 2.71. The molecule has 5 nitrogen and oxygen atoms in total. The second kappa shape index (κ2) is 6.10. The van der Waals surface area contributed by atoms with Crippen LogP contribution in [0.2, 0.25) is 0 Å². The first-order chi connectivity index (χ1) is 11.0. The third-order valence-corrected chi connectivity index (χ3v) is 5.01. The lowest BCUT2D eigenvalue weighted by molar-refractivity contribution is -0.141. The number of rotatable bonds is 4. The Morgan fingerprint density at radius 3 is 2.91 bits per heavy atom. The second-order valence-corrected chi connectivity index (χ2v) is 6.74. The van der Waals surface area contributed by atoms with Gasteiger partial charge in [0.1, 0.15) is 6.04 Å². The molecule has 1 aromatic heterocycles. The number of carboxylic acids is 1. The number of aliphatic carboxylic acids is 1. The van der Waals surface area contributed by atoms with E-state index in [9.17, 15) is 15.0 Å². The van der Waals surface area contributed by atoms with Crippen molar-refractivity contribution >= 4 is 53.1 Å². The fraction of sp³-hybridized carbons (Fsp3) is 0.188. The Hall–Kier alpha value is -2.25. The lowest BCUT2D eigenvalue weighted by Crippen LogP contribution is -2.17. The van der Waals surface area contributed by atoms with Crippen molar-refractivity contribution < 1.29 is 15.0 Å². The minimum atomic E-state index is -1.01. The number of fused-ring (bicyclic) bond motifs is 1. The van der Waals surface area contributed by atoms with Crippen molar-refractivity contribution in [2.75, 3.05) is 0 Å². The molecule has 1 atom stereocenters. The summed E-state index contributed by atoms with van der Waals surface area (Å²) in [6.07, 6.45) is 3.86. The molecule has 0 amide bonds. The Labute approximate surface area is 141 Å². The fourth-order valence-electron chi connectivity index (χ4n) is 2.53. The number of aliphatic imine (C=N–C) groups is 1. The predicted molar refractivity (Wildman–Crippen MR) is 94.2 cm³/mol. The summed E-state index contributed by atoms with van der Waals surface area (Å²) >= 11 is 6.43. The highest BCUT2D eigenvalue weighted by atomic mass is 32.1. The van der Waals surface area contributed by atoms with Crippen molar-refractivity contribution in [1.82, 2.24) is 4.57 Å². The molecule has 2 N–H and O–H groups in total. The number of carboxylic acid groups (broad SMARTS) is 1. The van der Waals surface area contributed by atoms with E-state index in [1.165, 1.54) is 15.9 Å². The normalized spacial score (nSPS) is 15.8. The van der Waals surface area contributed by atoms with Crippen LogP contribution in [-0.2, 0) is 4.79 Å². The first-order valence-electron chi connectivity index (χ1n) is 7.05. The van der Waals surface area contributed by atoms with E-state index in [0.717, 1.165) is 16.8 Å². The average molecular weight is 346 g/mol. The van der Waals surface area contributed by atoms with E-state index >= 15 is 0 Å². The molecule has 1 aliphatic rings. The molecule has 0 aliphatic carbocycles. The molecule has 0 saturated heterocycles. The number of thiazole rings is 1. The Kier molecular flexibility index (Phi) is 4.14. The van der Waals surface area contributed by atoms with Gasteiger partial charge in [0.05, 0.1) is 10.6 Å².